The summed E-state index contributed by atoms with van der Waals surface area (Å²) in [4.78, 5) is 33.7. The van der Waals surface area contributed by atoms with Gasteiger partial charge in [0.15, 0.2) is 0 Å². The van der Waals surface area contributed by atoms with E-state index in [9.17, 15) is 9.59 Å². The molecule has 1 saturated carbocycles. The Hall–Kier alpha value is -1.46. The number of nitrogens with one attached hydrogen (secondary N) is 3. The zero-order valence-corrected chi connectivity index (χ0v) is 18.6. The lowest BCUT2D eigenvalue weighted by Crippen LogP contribution is -2.49. The van der Waals surface area contributed by atoms with Gasteiger partial charge in [0.05, 0.1) is 13.3 Å². The van der Waals surface area contributed by atoms with Gasteiger partial charge in [0.25, 0.3) is 0 Å². The van der Waals surface area contributed by atoms with Crippen LogP contribution in [0.2, 0.25) is 0 Å². The van der Waals surface area contributed by atoms with E-state index < -0.39 is 0 Å². The number of hydroxylamine groups is 1. The van der Waals surface area contributed by atoms with E-state index in [0.717, 1.165) is 58.3 Å². The number of likely N-dealkylation sites (N-methyl/N-ethyl adjacent to an activating group) is 1. The Labute approximate surface area is 183 Å². The van der Waals surface area contributed by atoms with Crippen molar-refractivity contribution in [3.05, 3.63) is 0 Å². The maximum absolute atomic E-state index is 12.4. The fourth-order valence-electron chi connectivity index (χ4n) is 6.15. The summed E-state index contributed by atoms with van der Waals surface area (Å²) in [5.41, 5.74) is 6.90. The van der Waals surface area contributed by atoms with Gasteiger partial charge in [-0.05, 0) is 50.4 Å². The zero-order valence-electron chi connectivity index (χ0n) is 18.6. The Morgan fingerprint density at radius 1 is 1.06 bits per heavy atom. The highest BCUT2D eigenvalue weighted by molar-refractivity contribution is 5.83. The minimum atomic E-state index is -0.235. The highest BCUT2D eigenvalue weighted by atomic mass is 16.7. The van der Waals surface area contributed by atoms with E-state index >= 15 is 0 Å². The van der Waals surface area contributed by atoms with Crippen LogP contribution in [-0.4, -0.2) is 91.6 Å². The molecule has 4 saturated heterocycles. The normalized spacial score (nSPS) is 39.9. The van der Waals surface area contributed by atoms with Crippen molar-refractivity contribution < 1.29 is 19.2 Å². The maximum Gasteiger partial charge on any atom is 0.409 e. The molecule has 0 aromatic rings. The van der Waals surface area contributed by atoms with E-state index in [1.165, 1.54) is 13.5 Å². The highest BCUT2D eigenvalue weighted by Gasteiger charge is 2.46. The van der Waals surface area contributed by atoms with E-state index in [1.807, 2.05) is 11.9 Å². The van der Waals surface area contributed by atoms with Crippen molar-refractivity contribution in [3.8, 4) is 0 Å². The van der Waals surface area contributed by atoms with Gasteiger partial charge in [0.1, 0.15) is 12.3 Å². The summed E-state index contributed by atoms with van der Waals surface area (Å²) in [6.07, 6.45) is 6.06. The monoisotopic (exact) mass is 436 g/mol. The molecule has 6 atom stereocenters. The molecule has 10 heteroatoms. The van der Waals surface area contributed by atoms with Crippen molar-refractivity contribution in [2.24, 2.45) is 17.8 Å². The Morgan fingerprint density at radius 2 is 1.84 bits per heavy atom. The number of piperidine rings is 1. The molecule has 0 bridgehead atoms. The molecular formula is C21H36N6O4. The number of hydrogen-bond acceptors (Lipinski definition) is 8. The summed E-state index contributed by atoms with van der Waals surface area (Å²) in [6.45, 7) is 3.28. The van der Waals surface area contributed by atoms with E-state index in [0.29, 0.717) is 23.8 Å². The minimum Gasteiger partial charge on any atom is -0.453 e. The predicted molar refractivity (Wildman–Crippen MR) is 112 cm³/mol. The average Bonchev–Trinajstić information content (AvgIpc) is 3.52. The van der Waals surface area contributed by atoms with Gasteiger partial charge in [0.2, 0.25) is 5.91 Å². The van der Waals surface area contributed by atoms with Crippen LogP contribution in [0.5, 0.6) is 0 Å². The van der Waals surface area contributed by atoms with Gasteiger partial charge in [-0.3, -0.25) is 20.4 Å². The number of carbonyl (C=O) groups is 2. The molecule has 0 spiro atoms. The fraction of sp³-hybridized carbons (Fsp3) is 0.905. The largest absolute Gasteiger partial charge is 0.453 e. The summed E-state index contributed by atoms with van der Waals surface area (Å²) in [7, 11) is 3.33. The summed E-state index contributed by atoms with van der Waals surface area (Å²) in [5.74, 6) is 1.74. The quantitative estimate of drug-likeness (QED) is 0.572. The molecule has 0 aromatic heterocycles. The first-order chi connectivity index (χ1) is 15.0. The van der Waals surface area contributed by atoms with Crippen molar-refractivity contribution >= 4 is 12.0 Å². The number of carbonyl (C=O) groups excluding carboxylic acids is 2. The Balaban J connectivity index is 1.11. The van der Waals surface area contributed by atoms with Crippen LogP contribution in [0.15, 0.2) is 0 Å². The van der Waals surface area contributed by atoms with E-state index in [-0.39, 0.29) is 30.4 Å². The van der Waals surface area contributed by atoms with E-state index in [4.69, 9.17) is 9.57 Å². The SMILES string of the molecule is COC(=O)N1CCC(C2NOC(C3CCC4CN(C5CCN(C)C5=O)NC4C3)N2)CC1. The molecule has 3 N–H and O–H groups in total. The lowest BCUT2D eigenvalue weighted by molar-refractivity contribution is -0.131. The number of ether oxygens (including phenoxy) is 1. The Kier molecular flexibility index (Phi) is 6.09. The van der Waals surface area contributed by atoms with Crippen LogP contribution in [0.3, 0.4) is 0 Å². The lowest BCUT2D eigenvalue weighted by Gasteiger charge is -2.35. The summed E-state index contributed by atoms with van der Waals surface area (Å²) in [6, 6.07) is 0.419. The average molecular weight is 437 g/mol. The number of rotatable bonds is 3. The van der Waals surface area contributed by atoms with E-state index in [2.05, 4.69) is 21.2 Å². The van der Waals surface area contributed by atoms with Crippen molar-refractivity contribution in [1.82, 2.24) is 31.0 Å². The number of hydrazine groups is 1. The first-order valence-electron chi connectivity index (χ1n) is 11.8. The van der Waals surface area contributed by atoms with Gasteiger partial charge in [-0.1, -0.05) is 0 Å². The Bertz CT molecular complexity index is 687. The zero-order chi connectivity index (χ0) is 21.5. The number of likely N-dealkylation sites (tertiary alicyclic amines) is 2. The van der Waals surface area contributed by atoms with Gasteiger partial charge in [0, 0.05) is 45.2 Å². The van der Waals surface area contributed by atoms with Crippen molar-refractivity contribution in [2.45, 2.75) is 63.0 Å². The standard InChI is InChI=1S/C21H36N6O4/c1-25-8-7-17(20(25)28)27-12-15-4-3-14(11-16(15)23-27)19-22-18(24-31-19)13-5-9-26(10-6-13)21(29)30-2/h13-19,22-24H,3-12H2,1-2H3. The molecule has 5 aliphatic rings. The van der Waals surface area contributed by atoms with Crippen LogP contribution in [-0.2, 0) is 14.4 Å². The van der Waals surface area contributed by atoms with Gasteiger partial charge in [-0.2, -0.15) is 5.48 Å². The Morgan fingerprint density at radius 3 is 2.55 bits per heavy atom. The van der Waals surface area contributed by atoms with Crippen LogP contribution < -0.4 is 16.2 Å². The number of amides is 2. The van der Waals surface area contributed by atoms with Gasteiger partial charge in [-0.15, -0.1) is 0 Å². The molecule has 2 amide bonds. The molecule has 10 nitrogen and oxygen atoms in total. The number of hydrogen-bond donors (Lipinski definition) is 3. The second-order valence-corrected chi connectivity index (χ2v) is 9.88. The molecule has 5 rings (SSSR count). The first-order valence-corrected chi connectivity index (χ1v) is 11.8. The number of methoxy groups -OCH3 is 1. The van der Waals surface area contributed by atoms with Gasteiger partial charge in [-0.25, -0.2) is 9.80 Å². The fourth-order valence-corrected chi connectivity index (χ4v) is 6.15. The van der Waals surface area contributed by atoms with Crippen LogP contribution in [0.4, 0.5) is 4.79 Å². The van der Waals surface area contributed by atoms with E-state index in [1.54, 1.807) is 4.90 Å². The first kappa shape index (κ1) is 21.4. The van der Waals surface area contributed by atoms with Crippen molar-refractivity contribution in [2.75, 3.05) is 40.3 Å². The number of nitrogens with zero attached hydrogens (tertiary/aromatic N) is 3. The van der Waals surface area contributed by atoms with Gasteiger partial charge < -0.3 is 14.5 Å². The molecule has 0 aromatic carbocycles. The lowest BCUT2D eigenvalue weighted by atomic mass is 9.78. The molecule has 1 aliphatic carbocycles. The van der Waals surface area contributed by atoms with Crippen LogP contribution >= 0.6 is 0 Å². The third-order valence-electron chi connectivity index (χ3n) is 8.11. The second-order valence-electron chi connectivity index (χ2n) is 9.88. The second kappa shape index (κ2) is 8.82. The summed E-state index contributed by atoms with van der Waals surface area (Å²) in [5, 5.41) is 5.89. The maximum atomic E-state index is 12.4. The molecule has 0 radical (unpaired) electrons. The molecule has 5 fully saturated rings. The molecule has 4 aliphatic heterocycles. The van der Waals surface area contributed by atoms with Crippen LogP contribution in [0.25, 0.3) is 0 Å². The van der Waals surface area contributed by atoms with Crippen LogP contribution in [0.1, 0.15) is 38.5 Å². The third kappa shape index (κ3) is 4.16. The molecular weight excluding hydrogens is 400 g/mol. The molecule has 4 heterocycles. The highest BCUT2D eigenvalue weighted by Crippen LogP contribution is 2.37. The van der Waals surface area contributed by atoms with Crippen molar-refractivity contribution in [1.29, 1.82) is 0 Å². The smallest absolute Gasteiger partial charge is 0.409 e. The van der Waals surface area contributed by atoms with Gasteiger partial charge >= 0.3 is 6.09 Å². The summed E-state index contributed by atoms with van der Waals surface area (Å²) < 4.78 is 4.83. The number of fused-ring (bicyclic) bond motifs is 1. The predicted octanol–water partition coefficient (Wildman–Crippen LogP) is 0.0772. The molecule has 174 valence electrons. The molecule has 6 unspecified atom stereocenters. The molecule has 31 heavy (non-hydrogen) atoms. The van der Waals surface area contributed by atoms with Crippen LogP contribution in [0, 0.1) is 17.8 Å². The summed E-state index contributed by atoms with van der Waals surface area (Å²) >= 11 is 0. The third-order valence-corrected chi connectivity index (χ3v) is 8.11. The van der Waals surface area contributed by atoms with Crippen molar-refractivity contribution in [3.63, 3.8) is 0 Å². The minimum absolute atomic E-state index is 0.00295. The topological polar surface area (TPSA) is 98.4 Å².